The molecular weight excluding hydrogens is 344 g/mol. The number of benzene rings is 1. The zero-order chi connectivity index (χ0) is 17.8. The molecule has 0 saturated carbocycles. The Labute approximate surface area is 153 Å². The molecule has 0 unspecified atom stereocenters. The van der Waals surface area contributed by atoms with E-state index in [0.717, 1.165) is 23.1 Å². The fourth-order valence-corrected chi connectivity index (χ4v) is 4.81. The molecule has 1 aliphatic rings. The zero-order valence-electron chi connectivity index (χ0n) is 14.0. The standard InChI is InChI=1S/C19H14N6S/c1-10-23-18(25-17(21)12(8-20)9-22-25)16-15-13-5-3-2-4-11(13)6-7-14(15)26-19(16)24-10/h2-5,9H,6-7,21H2,1H3. The number of anilines is 1. The maximum atomic E-state index is 9.21. The predicted octanol–water partition coefficient (Wildman–Crippen LogP) is 3.40. The molecule has 3 aromatic heterocycles. The number of hydrogen-bond donors (Lipinski definition) is 1. The van der Waals surface area contributed by atoms with Crippen molar-refractivity contribution in [3.05, 3.63) is 52.3 Å². The summed E-state index contributed by atoms with van der Waals surface area (Å²) in [6.45, 7) is 1.86. The van der Waals surface area contributed by atoms with E-state index in [4.69, 9.17) is 5.73 Å². The quantitative estimate of drug-likeness (QED) is 0.563. The highest BCUT2D eigenvalue weighted by atomic mass is 32.1. The Bertz CT molecular complexity index is 1230. The minimum Gasteiger partial charge on any atom is -0.382 e. The molecule has 1 aliphatic carbocycles. The molecule has 0 saturated heterocycles. The van der Waals surface area contributed by atoms with Gasteiger partial charge in [-0.15, -0.1) is 11.3 Å². The molecule has 0 aliphatic heterocycles. The van der Waals surface area contributed by atoms with E-state index < -0.39 is 0 Å². The van der Waals surface area contributed by atoms with Gasteiger partial charge in [0.15, 0.2) is 5.82 Å². The number of aryl methyl sites for hydroxylation is 3. The number of thiophene rings is 1. The second-order valence-electron chi connectivity index (χ2n) is 6.30. The van der Waals surface area contributed by atoms with Gasteiger partial charge in [0, 0.05) is 10.4 Å². The van der Waals surface area contributed by atoms with Crippen LogP contribution in [0, 0.1) is 18.3 Å². The number of nitrogens with zero attached hydrogens (tertiary/aromatic N) is 5. The summed E-state index contributed by atoms with van der Waals surface area (Å²) in [6.07, 6.45) is 3.50. The molecule has 1 aromatic carbocycles. The van der Waals surface area contributed by atoms with Crippen molar-refractivity contribution in [3.63, 3.8) is 0 Å². The molecule has 2 N–H and O–H groups in total. The van der Waals surface area contributed by atoms with Crippen molar-refractivity contribution in [2.45, 2.75) is 19.8 Å². The SMILES string of the molecule is Cc1nc(-n2ncc(C#N)c2N)c2c3c(sc2n1)CCc1ccccc1-3. The monoisotopic (exact) mass is 358 g/mol. The molecule has 7 heteroatoms. The van der Waals surface area contributed by atoms with E-state index >= 15 is 0 Å². The Morgan fingerprint density at radius 3 is 2.88 bits per heavy atom. The fourth-order valence-electron chi connectivity index (χ4n) is 3.59. The Balaban J connectivity index is 1.90. The second kappa shape index (κ2) is 5.38. The molecule has 126 valence electrons. The van der Waals surface area contributed by atoms with Gasteiger partial charge in [-0.1, -0.05) is 24.3 Å². The molecule has 0 fully saturated rings. The minimum absolute atomic E-state index is 0.302. The summed E-state index contributed by atoms with van der Waals surface area (Å²) in [5, 5.41) is 14.5. The van der Waals surface area contributed by atoms with Crippen LogP contribution in [0.2, 0.25) is 0 Å². The van der Waals surface area contributed by atoms with E-state index in [1.807, 2.05) is 6.92 Å². The molecule has 0 radical (unpaired) electrons. The summed E-state index contributed by atoms with van der Waals surface area (Å²) in [4.78, 5) is 11.5. The van der Waals surface area contributed by atoms with Gasteiger partial charge in [-0.25, -0.2) is 9.97 Å². The van der Waals surface area contributed by atoms with E-state index in [1.165, 1.54) is 27.8 Å². The van der Waals surface area contributed by atoms with E-state index in [1.54, 1.807) is 16.0 Å². The molecule has 0 spiro atoms. The van der Waals surface area contributed by atoms with Crippen LogP contribution in [0.4, 0.5) is 5.82 Å². The summed E-state index contributed by atoms with van der Waals surface area (Å²) in [6, 6.07) is 10.5. The van der Waals surface area contributed by atoms with E-state index in [-0.39, 0.29) is 0 Å². The Kier molecular flexibility index (Phi) is 3.11. The largest absolute Gasteiger partial charge is 0.382 e. The Morgan fingerprint density at radius 2 is 2.08 bits per heavy atom. The van der Waals surface area contributed by atoms with Crippen LogP contribution in [-0.2, 0) is 12.8 Å². The van der Waals surface area contributed by atoms with Crippen molar-refractivity contribution in [1.29, 1.82) is 5.26 Å². The van der Waals surface area contributed by atoms with Crippen LogP contribution in [0.5, 0.6) is 0 Å². The molecule has 5 rings (SSSR count). The van der Waals surface area contributed by atoms with E-state index in [2.05, 4.69) is 45.4 Å². The molecular formula is C19H14N6S. The number of aromatic nitrogens is 4. The maximum absolute atomic E-state index is 9.21. The van der Waals surface area contributed by atoms with Crippen molar-refractivity contribution in [1.82, 2.24) is 19.7 Å². The van der Waals surface area contributed by atoms with Gasteiger partial charge in [0.1, 0.15) is 28.1 Å². The lowest BCUT2D eigenvalue weighted by Crippen LogP contribution is -2.08. The van der Waals surface area contributed by atoms with Gasteiger partial charge in [0.05, 0.1) is 11.6 Å². The number of nitriles is 1. The van der Waals surface area contributed by atoms with Crippen LogP contribution >= 0.6 is 11.3 Å². The normalized spacial score (nSPS) is 12.6. The number of nitrogens with two attached hydrogens (primary N) is 1. The van der Waals surface area contributed by atoms with E-state index in [9.17, 15) is 5.26 Å². The number of rotatable bonds is 1. The van der Waals surface area contributed by atoms with Crippen molar-refractivity contribution in [3.8, 4) is 23.0 Å². The molecule has 0 amide bonds. The van der Waals surface area contributed by atoms with Gasteiger partial charge in [-0.05, 0) is 30.9 Å². The van der Waals surface area contributed by atoms with Crippen LogP contribution in [-0.4, -0.2) is 19.7 Å². The lowest BCUT2D eigenvalue weighted by molar-refractivity contribution is 0.851. The van der Waals surface area contributed by atoms with Gasteiger partial charge in [0.2, 0.25) is 0 Å². The van der Waals surface area contributed by atoms with Gasteiger partial charge in [0.25, 0.3) is 0 Å². The Hall–Kier alpha value is -3.24. The van der Waals surface area contributed by atoms with Gasteiger partial charge in [-0.2, -0.15) is 15.0 Å². The predicted molar refractivity (Wildman–Crippen MR) is 101 cm³/mol. The first-order valence-corrected chi connectivity index (χ1v) is 9.11. The van der Waals surface area contributed by atoms with Crippen LogP contribution in [0.3, 0.4) is 0 Å². The lowest BCUT2D eigenvalue weighted by Gasteiger charge is -2.17. The van der Waals surface area contributed by atoms with Gasteiger partial charge >= 0.3 is 0 Å². The third kappa shape index (κ3) is 1.99. The maximum Gasteiger partial charge on any atom is 0.168 e. The third-order valence-corrected chi connectivity index (χ3v) is 5.90. The lowest BCUT2D eigenvalue weighted by atomic mass is 9.89. The third-order valence-electron chi connectivity index (χ3n) is 4.75. The van der Waals surface area contributed by atoms with Crippen LogP contribution in [0.1, 0.15) is 21.8 Å². The molecule has 0 bridgehead atoms. The second-order valence-corrected chi connectivity index (χ2v) is 7.38. The summed E-state index contributed by atoms with van der Waals surface area (Å²) < 4.78 is 1.56. The number of nitrogen functional groups attached to an aromatic ring is 1. The van der Waals surface area contributed by atoms with Crippen molar-refractivity contribution >= 4 is 27.4 Å². The van der Waals surface area contributed by atoms with Gasteiger partial charge in [-0.3, -0.25) is 0 Å². The molecule has 26 heavy (non-hydrogen) atoms. The van der Waals surface area contributed by atoms with E-state index in [0.29, 0.717) is 23.0 Å². The van der Waals surface area contributed by atoms with Crippen molar-refractivity contribution < 1.29 is 0 Å². The van der Waals surface area contributed by atoms with Crippen LogP contribution in [0.25, 0.3) is 27.2 Å². The summed E-state index contributed by atoms with van der Waals surface area (Å²) in [5.41, 5.74) is 10.2. The Morgan fingerprint density at radius 1 is 1.23 bits per heavy atom. The highest BCUT2D eigenvalue weighted by Gasteiger charge is 2.26. The number of hydrogen-bond acceptors (Lipinski definition) is 6. The average Bonchev–Trinajstić information content (AvgIpc) is 3.21. The first kappa shape index (κ1) is 15.0. The summed E-state index contributed by atoms with van der Waals surface area (Å²) in [5.74, 6) is 1.60. The van der Waals surface area contributed by atoms with Crippen molar-refractivity contribution in [2.24, 2.45) is 0 Å². The fraction of sp³-hybridized carbons (Fsp3) is 0.158. The zero-order valence-corrected chi connectivity index (χ0v) is 14.8. The molecule has 0 atom stereocenters. The van der Waals surface area contributed by atoms with Crippen LogP contribution < -0.4 is 5.73 Å². The number of fused-ring (bicyclic) bond motifs is 5. The summed E-state index contributed by atoms with van der Waals surface area (Å²) in [7, 11) is 0. The first-order chi connectivity index (χ1) is 12.7. The topological polar surface area (TPSA) is 93.4 Å². The van der Waals surface area contributed by atoms with Gasteiger partial charge < -0.3 is 5.73 Å². The van der Waals surface area contributed by atoms with Crippen LogP contribution in [0.15, 0.2) is 30.5 Å². The molecule has 6 nitrogen and oxygen atoms in total. The first-order valence-electron chi connectivity index (χ1n) is 8.29. The molecule has 3 heterocycles. The molecule has 4 aromatic rings. The average molecular weight is 358 g/mol. The summed E-state index contributed by atoms with van der Waals surface area (Å²) >= 11 is 1.71. The highest BCUT2D eigenvalue weighted by Crippen LogP contribution is 2.45. The van der Waals surface area contributed by atoms with Crippen molar-refractivity contribution in [2.75, 3.05) is 5.73 Å². The smallest absolute Gasteiger partial charge is 0.168 e. The minimum atomic E-state index is 0.302. The highest BCUT2D eigenvalue weighted by molar-refractivity contribution is 7.19.